The summed E-state index contributed by atoms with van der Waals surface area (Å²) in [7, 11) is 0. The molecular formula is C29H29ClN8O. The van der Waals surface area contributed by atoms with Crippen molar-refractivity contribution < 1.29 is 4.79 Å². The van der Waals surface area contributed by atoms with Crippen molar-refractivity contribution in [3.8, 4) is 0 Å². The molecule has 1 saturated heterocycles. The van der Waals surface area contributed by atoms with Crippen LogP contribution in [0.2, 0.25) is 5.02 Å². The number of anilines is 1. The van der Waals surface area contributed by atoms with Crippen LogP contribution in [0.1, 0.15) is 27.5 Å². The van der Waals surface area contributed by atoms with Gasteiger partial charge in [0.1, 0.15) is 0 Å². The van der Waals surface area contributed by atoms with E-state index in [0.29, 0.717) is 5.56 Å². The summed E-state index contributed by atoms with van der Waals surface area (Å²) < 4.78 is 2.16. The van der Waals surface area contributed by atoms with Gasteiger partial charge >= 0.3 is 0 Å². The van der Waals surface area contributed by atoms with Gasteiger partial charge in [-0.1, -0.05) is 77.4 Å². The van der Waals surface area contributed by atoms with Crippen molar-refractivity contribution in [2.24, 2.45) is 0 Å². The molecule has 2 aromatic heterocycles. The minimum absolute atomic E-state index is 0.155. The lowest BCUT2D eigenvalue weighted by atomic mass is 9.96. The lowest BCUT2D eigenvalue weighted by Crippen LogP contribution is -2.48. The summed E-state index contributed by atoms with van der Waals surface area (Å²) in [6.07, 6.45) is 1.92. The Hall–Kier alpha value is -4.05. The third-order valence-corrected chi connectivity index (χ3v) is 7.59. The van der Waals surface area contributed by atoms with Crippen molar-refractivity contribution in [3.63, 3.8) is 0 Å². The van der Waals surface area contributed by atoms with Crippen molar-refractivity contribution in [2.45, 2.75) is 12.6 Å². The molecule has 1 unspecified atom stereocenters. The number of rotatable bonds is 8. The Labute approximate surface area is 231 Å². The first-order chi connectivity index (χ1) is 19.2. The summed E-state index contributed by atoms with van der Waals surface area (Å²) >= 11 is 6.19. The molecule has 3 heterocycles. The molecule has 0 spiro atoms. The highest BCUT2D eigenvalue weighted by Crippen LogP contribution is 2.30. The lowest BCUT2D eigenvalue weighted by Gasteiger charge is -2.40. The highest BCUT2D eigenvalue weighted by atomic mass is 35.5. The second kappa shape index (κ2) is 11.4. The SMILES string of the molecule is O=C(Nc1nn[nH]n1)c1cn(CCN2CCN(C(c3ccccc3)c3ccc(Cl)cc3)CC2)c2ccccc12. The van der Waals surface area contributed by atoms with Crippen LogP contribution in [-0.4, -0.2) is 73.6 Å². The number of aromatic nitrogens is 5. The number of carbonyl (C=O) groups excluding carboxylic acids is 1. The van der Waals surface area contributed by atoms with Gasteiger partial charge in [0.25, 0.3) is 11.9 Å². The molecule has 1 amide bonds. The molecule has 198 valence electrons. The second-order valence-electron chi connectivity index (χ2n) is 9.69. The second-order valence-corrected chi connectivity index (χ2v) is 10.1. The lowest BCUT2D eigenvalue weighted by molar-refractivity contribution is 0.102. The molecule has 5 aromatic rings. The molecule has 0 saturated carbocycles. The number of para-hydroxylation sites is 1. The van der Waals surface area contributed by atoms with Crippen LogP contribution in [0.25, 0.3) is 10.9 Å². The van der Waals surface area contributed by atoms with Crippen molar-refractivity contribution in [3.05, 3.63) is 107 Å². The number of fused-ring (bicyclic) bond motifs is 1. The van der Waals surface area contributed by atoms with E-state index < -0.39 is 0 Å². The molecule has 3 aromatic carbocycles. The van der Waals surface area contributed by atoms with E-state index in [-0.39, 0.29) is 17.9 Å². The molecule has 1 aliphatic heterocycles. The zero-order chi connectivity index (χ0) is 26.6. The van der Waals surface area contributed by atoms with E-state index >= 15 is 0 Å². The van der Waals surface area contributed by atoms with Gasteiger partial charge in [-0.05, 0) is 34.5 Å². The topological polar surface area (TPSA) is 95.0 Å². The van der Waals surface area contributed by atoms with Crippen LogP contribution in [0.5, 0.6) is 0 Å². The number of nitrogens with one attached hydrogen (secondary N) is 2. The number of piperazine rings is 1. The maximum atomic E-state index is 12.9. The molecule has 0 bridgehead atoms. The van der Waals surface area contributed by atoms with Gasteiger partial charge in [0.15, 0.2) is 0 Å². The van der Waals surface area contributed by atoms with Crippen LogP contribution >= 0.6 is 11.6 Å². The standard InChI is InChI=1S/C29H29ClN8O/c30-23-12-10-22(11-13-23)27(21-6-2-1-3-7-21)37-17-14-36(15-18-37)16-19-38-20-25(24-8-4-5-9-26(24)38)28(39)31-29-32-34-35-33-29/h1-13,20,27H,14-19H2,(H2,31,32,33,34,35,39). The minimum Gasteiger partial charge on any atom is -0.345 e. The first-order valence-electron chi connectivity index (χ1n) is 13.1. The first-order valence-corrected chi connectivity index (χ1v) is 13.4. The number of hydrogen-bond donors (Lipinski definition) is 2. The van der Waals surface area contributed by atoms with Crippen LogP contribution in [0, 0.1) is 0 Å². The number of halogens is 1. The van der Waals surface area contributed by atoms with Crippen LogP contribution in [0.15, 0.2) is 85.1 Å². The van der Waals surface area contributed by atoms with E-state index in [0.717, 1.165) is 55.2 Å². The highest BCUT2D eigenvalue weighted by Gasteiger charge is 2.26. The number of amides is 1. The number of tetrazole rings is 1. The normalized spacial score (nSPS) is 15.4. The molecule has 9 nitrogen and oxygen atoms in total. The summed E-state index contributed by atoms with van der Waals surface area (Å²) in [5.74, 6) is -0.101. The Morgan fingerprint density at radius 2 is 1.62 bits per heavy atom. The number of aromatic amines is 1. The van der Waals surface area contributed by atoms with E-state index in [9.17, 15) is 4.79 Å². The average molecular weight is 541 g/mol. The molecule has 1 aliphatic rings. The zero-order valence-corrected chi connectivity index (χ0v) is 22.1. The van der Waals surface area contributed by atoms with Crippen LogP contribution in [0.4, 0.5) is 5.95 Å². The zero-order valence-electron chi connectivity index (χ0n) is 21.4. The third-order valence-electron chi connectivity index (χ3n) is 7.33. The summed E-state index contributed by atoms with van der Waals surface area (Å²) in [6, 6.07) is 27.0. The number of benzene rings is 3. The minimum atomic E-state index is -0.255. The predicted molar refractivity (Wildman–Crippen MR) is 152 cm³/mol. The van der Waals surface area contributed by atoms with Gasteiger partial charge in [0.2, 0.25) is 0 Å². The smallest absolute Gasteiger partial charge is 0.270 e. The Morgan fingerprint density at radius 3 is 2.36 bits per heavy atom. The summed E-state index contributed by atoms with van der Waals surface area (Å²) in [6.45, 7) is 5.56. The van der Waals surface area contributed by atoms with Gasteiger partial charge in [0, 0.05) is 61.4 Å². The molecule has 0 aliphatic carbocycles. The Bertz CT molecular complexity index is 1530. The van der Waals surface area contributed by atoms with E-state index in [1.165, 1.54) is 11.1 Å². The van der Waals surface area contributed by atoms with Gasteiger partial charge in [0.05, 0.1) is 11.6 Å². The maximum Gasteiger partial charge on any atom is 0.270 e. The fourth-order valence-corrected chi connectivity index (χ4v) is 5.51. The van der Waals surface area contributed by atoms with E-state index in [4.69, 9.17) is 11.6 Å². The van der Waals surface area contributed by atoms with Gasteiger partial charge in [-0.25, -0.2) is 0 Å². The molecule has 6 rings (SSSR count). The number of hydrogen-bond acceptors (Lipinski definition) is 6. The van der Waals surface area contributed by atoms with Gasteiger partial charge in [-0.15, -0.1) is 5.10 Å². The third kappa shape index (κ3) is 5.56. The van der Waals surface area contributed by atoms with Crippen LogP contribution in [0.3, 0.4) is 0 Å². The predicted octanol–water partition coefficient (Wildman–Crippen LogP) is 4.47. The fourth-order valence-electron chi connectivity index (χ4n) is 5.39. The molecule has 1 fully saturated rings. The summed E-state index contributed by atoms with van der Waals surface area (Å²) in [5, 5.41) is 17.9. The largest absolute Gasteiger partial charge is 0.345 e. The van der Waals surface area contributed by atoms with Crippen LogP contribution in [-0.2, 0) is 6.54 Å². The first kappa shape index (κ1) is 25.2. The molecule has 39 heavy (non-hydrogen) atoms. The van der Waals surface area contributed by atoms with Crippen molar-refractivity contribution in [1.82, 2.24) is 35.0 Å². The highest BCUT2D eigenvalue weighted by molar-refractivity contribution is 6.30. The Morgan fingerprint density at radius 1 is 0.897 bits per heavy atom. The fraction of sp³-hybridized carbons (Fsp3) is 0.241. The monoisotopic (exact) mass is 540 g/mol. The van der Waals surface area contributed by atoms with Gasteiger partial charge < -0.3 is 4.57 Å². The number of carbonyl (C=O) groups is 1. The van der Waals surface area contributed by atoms with Crippen molar-refractivity contribution >= 4 is 34.4 Å². The quantitative estimate of drug-likeness (QED) is 0.301. The summed E-state index contributed by atoms with van der Waals surface area (Å²) in [4.78, 5) is 18.0. The van der Waals surface area contributed by atoms with E-state index in [1.54, 1.807) is 0 Å². The molecule has 10 heteroatoms. The van der Waals surface area contributed by atoms with Gasteiger partial charge in [-0.3, -0.25) is 19.9 Å². The summed E-state index contributed by atoms with van der Waals surface area (Å²) in [5.41, 5.74) is 4.17. The van der Waals surface area contributed by atoms with Crippen molar-refractivity contribution in [2.75, 3.05) is 38.0 Å². The van der Waals surface area contributed by atoms with Crippen LogP contribution < -0.4 is 5.32 Å². The Balaban J connectivity index is 1.13. The number of H-pyrrole nitrogens is 1. The maximum absolute atomic E-state index is 12.9. The number of nitrogens with zero attached hydrogens (tertiary/aromatic N) is 6. The van der Waals surface area contributed by atoms with E-state index in [2.05, 4.69) is 88.8 Å². The molecule has 1 atom stereocenters. The molecule has 2 N–H and O–H groups in total. The van der Waals surface area contributed by atoms with Gasteiger partial charge in [-0.2, -0.15) is 5.21 Å². The van der Waals surface area contributed by atoms with E-state index in [1.807, 2.05) is 36.5 Å². The molecular weight excluding hydrogens is 512 g/mol. The molecule has 0 radical (unpaired) electrons. The Kier molecular flexibility index (Phi) is 7.36. The van der Waals surface area contributed by atoms with Crippen molar-refractivity contribution in [1.29, 1.82) is 0 Å². The average Bonchev–Trinajstić information content (AvgIpc) is 3.62.